The van der Waals surface area contributed by atoms with Crippen molar-refractivity contribution in [2.75, 3.05) is 12.4 Å². The van der Waals surface area contributed by atoms with E-state index in [2.05, 4.69) is 16.0 Å². The predicted molar refractivity (Wildman–Crippen MR) is 122 cm³/mol. The Hall–Kier alpha value is -2.33. The second-order valence-corrected chi connectivity index (χ2v) is 8.84. The zero-order chi connectivity index (χ0) is 22.5. The number of hydrogen-bond donors (Lipinski definition) is 3. The highest BCUT2D eigenvalue weighted by Crippen LogP contribution is 2.31. The lowest BCUT2D eigenvalue weighted by Crippen LogP contribution is -2.56. The number of thiocarbonyl (C=S) groups is 1. The molecule has 12 heteroatoms. The maximum atomic E-state index is 12.5. The van der Waals surface area contributed by atoms with Crippen molar-refractivity contribution in [2.45, 2.75) is 16.9 Å². The van der Waals surface area contributed by atoms with Gasteiger partial charge in [0.2, 0.25) is 3.79 Å². The molecule has 2 aromatic carbocycles. The van der Waals surface area contributed by atoms with Crippen molar-refractivity contribution in [3.8, 4) is 5.75 Å². The first kappa shape index (κ1) is 23.9. The molecule has 0 aliphatic rings. The van der Waals surface area contributed by atoms with Crippen LogP contribution >= 0.6 is 47.0 Å². The van der Waals surface area contributed by atoms with Crippen LogP contribution in [0.25, 0.3) is 0 Å². The van der Waals surface area contributed by atoms with Gasteiger partial charge in [-0.25, -0.2) is 0 Å². The van der Waals surface area contributed by atoms with Gasteiger partial charge in [-0.2, -0.15) is 0 Å². The number of carbonyl (C=O) groups excluding carboxylic acids is 1. The van der Waals surface area contributed by atoms with E-state index in [1.807, 2.05) is 13.0 Å². The van der Waals surface area contributed by atoms with Gasteiger partial charge in [0.25, 0.3) is 5.91 Å². The standard InChI is InChI=1S/C18H17Cl3N4O4S/c1-10-4-3-5-11(8-10)15(26)23-16(18(19,20)21)24-17(30)22-12-6-7-14(29-2)13(9-12)25(27)28/h3-9,16H,1-2H3,(H,23,26)(H2,22,24,30)/t16-/m0/s1. The number of anilines is 1. The van der Waals surface area contributed by atoms with Crippen LogP contribution in [-0.2, 0) is 0 Å². The number of methoxy groups -OCH3 is 1. The zero-order valence-corrected chi connectivity index (χ0v) is 18.8. The first-order chi connectivity index (χ1) is 14.0. The minimum atomic E-state index is -1.95. The minimum Gasteiger partial charge on any atom is -0.490 e. The van der Waals surface area contributed by atoms with Crippen LogP contribution in [0.2, 0.25) is 0 Å². The molecule has 0 saturated heterocycles. The highest BCUT2D eigenvalue weighted by atomic mass is 35.6. The number of hydrogen-bond acceptors (Lipinski definition) is 5. The van der Waals surface area contributed by atoms with Crippen molar-refractivity contribution >= 4 is 69.4 Å². The van der Waals surface area contributed by atoms with Gasteiger partial charge in [0.05, 0.1) is 12.0 Å². The topological polar surface area (TPSA) is 106 Å². The van der Waals surface area contributed by atoms with Gasteiger partial charge in [-0.1, -0.05) is 52.5 Å². The molecule has 3 N–H and O–H groups in total. The Morgan fingerprint density at radius 1 is 1.20 bits per heavy atom. The van der Waals surface area contributed by atoms with Crippen molar-refractivity contribution in [1.82, 2.24) is 10.6 Å². The Bertz CT molecular complexity index is 969. The van der Waals surface area contributed by atoms with E-state index in [1.165, 1.54) is 25.3 Å². The molecule has 0 aliphatic heterocycles. The zero-order valence-electron chi connectivity index (χ0n) is 15.7. The number of ether oxygens (including phenoxy) is 1. The van der Waals surface area contributed by atoms with E-state index in [0.29, 0.717) is 11.3 Å². The van der Waals surface area contributed by atoms with E-state index in [-0.39, 0.29) is 16.5 Å². The number of carbonyl (C=O) groups is 1. The van der Waals surface area contributed by atoms with Crippen molar-refractivity contribution < 1.29 is 14.5 Å². The number of nitrogens with zero attached hydrogens (tertiary/aromatic N) is 1. The first-order valence-corrected chi connectivity index (χ1v) is 9.89. The number of nitro benzene ring substituents is 1. The molecule has 1 atom stereocenters. The molecule has 0 unspecified atom stereocenters. The highest BCUT2D eigenvalue weighted by molar-refractivity contribution is 7.80. The normalized spacial score (nSPS) is 11.9. The summed E-state index contributed by atoms with van der Waals surface area (Å²) < 4.78 is 3.00. The quantitative estimate of drug-likeness (QED) is 0.182. The van der Waals surface area contributed by atoms with Gasteiger partial charge in [0.15, 0.2) is 10.9 Å². The van der Waals surface area contributed by atoms with E-state index in [1.54, 1.807) is 18.2 Å². The SMILES string of the molecule is COc1ccc(NC(=S)N[C@H](NC(=O)c2cccc(C)c2)C(Cl)(Cl)Cl)cc1[N+](=O)[O-]. The smallest absolute Gasteiger partial charge is 0.312 e. The van der Waals surface area contributed by atoms with E-state index >= 15 is 0 Å². The summed E-state index contributed by atoms with van der Waals surface area (Å²) in [6.45, 7) is 1.84. The fourth-order valence-electron chi connectivity index (χ4n) is 2.41. The molecule has 8 nitrogen and oxygen atoms in total. The molecule has 0 fully saturated rings. The summed E-state index contributed by atoms with van der Waals surface area (Å²) in [5.74, 6) is -0.389. The number of halogens is 3. The summed E-state index contributed by atoms with van der Waals surface area (Å²) in [7, 11) is 1.32. The number of benzene rings is 2. The third-order valence-electron chi connectivity index (χ3n) is 3.79. The number of nitrogens with one attached hydrogen (secondary N) is 3. The molecule has 30 heavy (non-hydrogen) atoms. The van der Waals surface area contributed by atoms with Gasteiger partial charge < -0.3 is 20.7 Å². The highest BCUT2D eigenvalue weighted by Gasteiger charge is 2.35. The van der Waals surface area contributed by atoms with E-state index in [0.717, 1.165) is 5.56 Å². The molecular weight excluding hydrogens is 475 g/mol. The summed E-state index contributed by atoms with van der Waals surface area (Å²) in [5.41, 5.74) is 1.31. The number of rotatable bonds is 6. The lowest BCUT2D eigenvalue weighted by atomic mass is 10.1. The molecular formula is C18H17Cl3N4O4S. The first-order valence-electron chi connectivity index (χ1n) is 8.35. The molecule has 2 rings (SSSR count). The van der Waals surface area contributed by atoms with Crippen LogP contribution in [-0.4, -0.2) is 33.0 Å². The monoisotopic (exact) mass is 490 g/mol. The minimum absolute atomic E-state index is 0.0321. The van der Waals surface area contributed by atoms with Gasteiger partial charge in [-0.3, -0.25) is 14.9 Å². The maximum Gasteiger partial charge on any atom is 0.312 e. The Labute approximate surface area is 193 Å². The second-order valence-electron chi connectivity index (χ2n) is 6.06. The van der Waals surface area contributed by atoms with Crippen LogP contribution in [0.3, 0.4) is 0 Å². The summed E-state index contributed by atoms with van der Waals surface area (Å²) in [6.07, 6.45) is -1.19. The number of amides is 1. The van der Waals surface area contributed by atoms with Crippen LogP contribution in [0, 0.1) is 17.0 Å². The third-order valence-corrected chi connectivity index (χ3v) is 4.67. The van der Waals surface area contributed by atoms with E-state index in [4.69, 9.17) is 51.8 Å². The number of aryl methyl sites for hydroxylation is 1. The number of alkyl halides is 3. The van der Waals surface area contributed by atoms with Gasteiger partial charge in [-0.15, -0.1) is 0 Å². The molecule has 160 valence electrons. The van der Waals surface area contributed by atoms with Crippen LogP contribution in [0.15, 0.2) is 42.5 Å². The molecule has 2 aromatic rings. The van der Waals surface area contributed by atoms with E-state index < -0.39 is 20.8 Å². The molecule has 0 bridgehead atoms. The largest absolute Gasteiger partial charge is 0.490 e. The third kappa shape index (κ3) is 6.60. The summed E-state index contributed by atoms with van der Waals surface area (Å²) in [6, 6.07) is 11.0. The average Bonchev–Trinajstić information content (AvgIpc) is 2.66. The van der Waals surface area contributed by atoms with Crippen LogP contribution < -0.4 is 20.7 Å². The number of nitro groups is 1. The van der Waals surface area contributed by atoms with Gasteiger partial charge >= 0.3 is 5.69 Å². The summed E-state index contributed by atoms with van der Waals surface area (Å²) in [4.78, 5) is 23.1. The molecule has 1 amide bonds. The molecule has 0 heterocycles. The van der Waals surface area contributed by atoms with Crippen molar-refractivity contribution in [2.24, 2.45) is 0 Å². The molecule has 0 spiro atoms. The van der Waals surface area contributed by atoms with E-state index in [9.17, 15) is 14.9 Å². The predicted octanol–water partition coefficient (Wildman–Crippen LogP) is 4.32. The summed E-state index contributed by atoms with van der Waals surface area (Å²) in [5, 5.41) is 19.1. The maximum absolute atomic E-state index is 12.5. The fourth-order valence-corrected chi connectivity index (χ4v) is 2.97. The Balaban J connectivity index is 2.13. The lowest BCUT2D eigenvalue weighted by molar-refractivity contribution is -0.385. The van der Waals surface area contributed by atoms with Gasteiger partial charge in [-0.05, 0) is 43.4 Å². The molecule has 0 radical (unpaired) electrons. The van der Waals surface area contributed by atoms with Crippen LogP contribution in [0.1, 0.15) is 15.9 Å². The van der Waals surface area contributed by atoms with Gasteiger partial charge in [0.1, 0.15) is 6.17 Å². The lowest BCUT2D eigenvalue weighted by Gasteiger charge is -2.27. The Kier molecular flexibility index (Phi) is 8.08. The molecule has 0 saturated carbocycles. The second kappa shape index (κ2) is 10.1. The Morgan fingerprint density at radius 3 is 2.47 bits per heavy atom. The van der Waals surface area contributed by atoms with Crippen molar-refractivity contribution in [3.05, 3.63) is 63.7 Å². The van der Waals surface area contributed by atoms with Crippen molar-refractivity contribution in [1.29, 1.82) is 0 Å². The fraction of sp³-hybridized carbons (Fsp3) is 0.222. The Morgan fingerprint density at radius 2 is 1.90 bits per heavy atom. The van der Waals surface area contributed by atoms with Crippen LogP contribution in [0.4, 0.5) is 11.4 Å². The van der Waals surface area contributed by atoms with Gasteiger partial charge in [0, 0.05) is 17.3 Å². The molecule has 0 aromatic heterocycles. The average molecular weight is 492 g/mol. The van der Waals surface area contributed by atoms with Crippen LogP contribution in [0.5, 0.6) is 5.75 Å². The summed E-state index contributed by atoms with van der Waals surface area (Å²) >= 11 is 23.1. The molecule has 0 aliphatic carbocycles. The van der Waals surface area contributed by atoms with Crippen molar-refractivity contribution in [3.63, 3.8) is 0 Å².